The van der Waals surface area contributed by atoms with Crippen molar-refractivity contribution in [3.8, 4) is 11.4 Å². The highest BCUT2D eigenvalue weighted by atomic mass is 35.5. The van der Waals surface area contributed by atoms with Crippen molar-refractivity contribution in [1.29, 1.82) is 0 Å². The van der Waals surface area contributed by atoms with Gasteiger partial charge in [-0.3, -0.25) is 19.1 Å². The van der Waals surface area contributed by atoms with E-state index in [9.17, 15) is 19.6 Å². The molecule has 0 unspecified atom stereocenters. The number of carbonyl (C=O) groups is 2. The first-order valence-electron chi connectivity index (χ1n) is 15.0. The molecule has 3 N–H and O–H groups in total. The summed E-state index contributed by atoms with van der Waals surface area (Å²) in [6.07, 6.45) is 2.72. The number of aromatic nitrogens is 3. The van der Waals surface area contributed by atoms with Gasteiger partial charge in [0.15, 0.2) is 11.6 Å². The van der Waals surface area contributed by atoms with E-state index in [2.05, 4.69) is 15.5 Å². The Balaban J connectivity index is 1.32. The second-order valence-electron chi connectivity index (χ2n) is 10.9. The Kier molecular flexibility index (Phi) is 10.4. The standard InChI is InChI=1S/C33H35BClN5O5/c1-3-36-31(42)20-28-33-39-38-21(2)40(33)29-16-15-26(19-27(29)32(37-28)22-11-13-25(35)14-12-22)45-17-6-4-5-10-30(41)23-8-7-9-24(18-23)34(43)44/h7-9,11-16,18-19,28,43-44H,3-6,10,17,20H2,1-2H3,(H,36,42)/t28-/m0/s1. The SMILES string of the molecule is CCNC(=O)C[C@@H]1N=C(c2ccc(Cl)cc2)c2cc(OCCCCCC(=O)c3cccc(B(O)O)c3)ccc2-n2c(C)nnc21. The monoisotopic (exact) mass is 627 g/mol. The number of aryl methyl sites for hydroxylation is 1. The van der Waals surface area contributed by atoms with Gasteiger partial charge in [0.05, 0.1) is 24.4 Å². The summed E-state index contributed by atoms with van der Waals surface area (Å²) in [6, 6.07) is 19.1. The van der Waals surface area contributed by atoms with E-state index in [-0.39, 0.29) is 18.1 Å². The van der Waals surface area contributed by atoms with Crippen LogP contribution in [0.4, 0.5) is 0 Å². The predicted octanol–water partition coefficient (Wildman–Crippen LogP) is 4.15. The maximum Gasteiger partial charge on any atom is 0.488 e. The summed E-state index contributed by atoms with van der Waals surface area (Å²) in [5.74, 6) is 1.78. The molecule has 0 saturated heterocycles. The zero-order chi connectivity index (χ0) is 31.9. The second kappa shape index (κ2) is 14.6. The molecule has 5 rings (SSSR count). The first-order chi connectivity index (χ1) is 21.7. The highest BCUT2D eigenvalue weighted by Gasteiger charge is 2.30. The Morgan fingerprint density at radius 3 is 2.58 bits per heavy atom. The number of unbranched alkanes of at least 4 members (excludes halogenated alkanes) is 2. The number of amides is 1. The minimum absolute atomic E-state index is 0.0349. The minimum Gasteiger partial charge on any atom is -0.494 e. The lowest BCUT2D eigenvalue weighted by Gasteiger charge is -2.15. The van der Waals surface area contributed by atoms with Gasteiger partial charge in [-0.1, -0.05) is 48.0 Å². The number of fused-ring (bicyclic) bond motifs is 3. The molecule has 4 aromatic rings. The number of hydrogen-bond acceptors (Lipinski definition) is 8. The number of aliphatic imine (C=N–C) groups is 1. The largest absolute Gasteiger partial charge is 0.494 e. The van der Waals surface area contributed by atoms with Crippen LogP contribution in [0.15, 0.2) is 71.7 Å². The van der Waals surface area contributed by atoms with Crippen molar-refractivity contribution < 1.29 is 24.4 Å². The smallest absolute Gasteiger partial charge is 0.488 e. The summed E-state index contributed by atoms with van der Waals surface area (Å²) in [5.41, 5.74) is 3.97. The van der Waals surface area contributed by atoms with Gasteiger partial charge in [-0.2, -0.15) is 0 Å². The van der Waals surface area contributed by atoms with E-state index in [1.807, 2.05) is 60.9 Å². The average Bonchev–Trinajstić information content (AvgIpc) is 3.36. The topological polar surface area (TPSA) is 139 Å². The number of hydrogen-bond donors (Lipinski definition) is 3. The molecule has 232 valence electrons. The Morgan fingerprint density at radius 1 is 1.02 bits per heavy atom. The van der Waals surface area contributed by atoms with Crippen molar-refractivity contribution in [2.75, 3.05) is 13.2 Å². The number of ketones is 1. The summed E-state index contributed by atoms with van der Waals surface area (Å²) >= 11 is 6.20. The number of Topliss-reactive ketones (excluding diaryl/α,β-unsaturated/α-hetero) is 1. The van der Waals surface area contributed by atoms with Crippen LogP contribution in [-0.4, -0.2) is 62.5 Å². The third-order valence-corrected chi connectivity index (χ3v) is 7.84. The van der Waals surface area contributed by atoms with E-state index in [0.717, 1.165) is 29.7 Å². The zero-order valence-corrected chi connectivity index (χ0v) is 26.0. The molecule has 45 heavy (non-hydrogen) atoms. The van der Waals surface area contributed by atoms with E-state index in [1.54, 1.807) is 18.2 Å². The molecule has 1 amide bonds. The Hall–Kier alpha value is -4.32. The fraction of sp³-hybridized carbons (Fsp3) is 0.303. The van der Waals surface area contributed by atoms with Gasteiger partial charge in [-0.05, 0) is 68.9 Å². The number of benzene rings is 3. The molecule has 12 heteroatoms. The average molecular weight is 628 g/mol. The molecule has 3 aromatic carbocycles. The van der Waals surface area contributed by atoms with Crippen molar-refractivity contribution in [1.82, 2.24) is 20.1 Å². The highest BCUT2D eigenvalue weighted by Crippen LogP contribution is 2.34. The molecular weight excluding hydrogens is 593 g/mol. The Labute approximate surface area is 267 Å². The fourth-order valence-corrected chi connectivity index (χ4v) is 5.48. The van der Waals surface area contributed by atoms with Crippen molar-refractivity contribution in [3.63, 3.8) is 0 Å². The molecule has 1 atom stereocenters. The normalized spacial score (nSPS) is 13.7. The fourth-order valence-electron chi connectivity index (χ4n) is 5.36. The third kappa shape index (κ3) is 7.68. The molecular formula is C33H35BClN5O5. The summed E-state index contributed by atoms with van der Waals surface area (Å²) in [6.45, 7) is 4.73. The van der Waals surface area contributed by atoms with Crippen molar-refractivity contribution in [2.24, 2.45) is 4.99 Å². The highest BCUT2D eigenvalue weighted by molar-refractivity contribution is 6.58. The third-order valence-electron chi connectivity index (χ3n) is 7.59. The van der Waals surface area contributed by atoms with Crippen LogP contribution in [0.5, 0.6) is 5.75 Å². The predicted molar refractivity (Wildman–Crippen MR) is 174 cm³/mol. The van der Waals surface area contributed by atoms with Gasteiger partial charge in [0.25, 0.3) is 0 Å². The van der Waals surface area contributed by atoms with Crippen LogP contribution >= 0.6 is 11.6 Å². The van der Waals surface area contributed by atoms with Gasteiger partial charge in [0.1, 0.15) is 17.6 Å². The Morgan fingerprint density at radius 2 is 1.82 bits per heavy atom. The van der Waals surface area contributed by atoms with Crippen molar-refractivity contribution >= 4 is 41.6 Å². The maximum absolute atomic E-state index is 12.7. The Bertz CT molecular complexity index is 1710. The van der Waals surface area contributed by atoms with E-state index in [1.165, 1.54) is 6.07 Å². The van der Waals surface area contributed by atoms with Crippen LogP contribution in [0, 0.1) is 6.92 Å². The number of rotatable bonds is 13. The van der Waals surface area contributed by atoms with Crippen LogP contribution < -0.4 is 15.5 Å². The second-order valence-corrected chi connectivity index (χ2v) is 11.3. The number of ether oxygens (including phenoxy) is 1. The quantitative estimate of drug-likeness (QED) is 0.115. The zero-order valence-electron chi connectivity index (χ0n) is 25.2. The van der Waals surface area contributed by atoms with Crippen molar-refractivity contribution in [2.45, 2.75) is 52.0 Å². The van der Waals surface area contributed by atoms with Gasteiger partial charge >= 0.3 is 7.12 Å². The summed E-state index contributed by atoms with van der Waals surface area (Å²) in [7, 11) is -1.60. The lowest BCUT2D eigenvalue weighted by atomic mass is 9.79. The first-order valence-corrected chi connectivity index (χ1v) is 15.4. The molecule has 0 saturated carbocycles. The lowest BCUT2D eigenvalue weighted by Crippen LogP contribution is -2.30. The molecule has 0 radical (unpaired) electrons. The molecule has 1 aliphatic rings. The molecule has 1 aliphatic heterocycles. The van der Waals surface area contributed by atoms with Crippen LogP contribution in [0.2, 0.25) is 5.02 Å². The van der Waals surface area contributed by atoms with Gasteiger partial charge in [-0.15, -0.1) is 10.2 Å². The van der Waals surface area contributed by atoms with Gasteiger partial charge in [0.2, 0.25) is 5.91 Å². The minimum atomic E-state index is -1.60. The number of halogens is 1. The molecule has 0 bridgehead atoms. The molecule has 0 aliphatic carbocycles. The summed E-state index contributed by atoms with van der Waals surface area (Å²) < 4.78 is 8.10. The molecule has 2 heterocycles. The van der Waals surface area contributed by atoms with E-state index in [0.29, 0.717) is 65.2 Å². The number of nitrogens with zero attached hydrogens (tertiary/aromatic N) is 4. The van der Waals surface area contributed by atoms with E-state index < -0.39 is 13.2 Å². The van der Waals surface area contributed by atoms with Crippen LogP contribution in [0.3, 0.4) is 0 Å². The van der Waals surface area contributed by atoms with Gasteiger partial charge in [-0.25, -0.2) is 0 Å². The molecule has 1 aromatic heterocycles. The molecule has 0 fully saturated rings. The summed E-state index contributed by atoms with van der Waals surface area (Å²) in [4.78, 5) is 30.3. The van der Waals surface area contributed by atoms with Crippen LogP contribution in [0.25, 0.3) is 5.69 Å². The summed E-state index contributed by atoms with van der Waals surface area (Å²) in [5, 5.41) is 30.9. The van der Waals surface area contributed by atoms with Gasteiger partial charge in [0, 0.05) is 34.7 Å². The van der Waals surface area contributed by atoms with Crippen LogP contribution in [0.1, 0.15) is 78.2 Å². The van der Waals surface area contributed by atoms with E-state index >= 15 is 0 Å². The number of nitrogens with one attached hydrogen (secondary N) is 1. The van der Waals surface area contributed by atoms with Gasteiger partial charge < -0.3 is 20.1 Å². The van der Waals surface area contributed by atoms with Crippen molar-refractivity contribution in [3.05, 3.63) is 100 Å². The molecule has 10 nitrogen and oxygen atoms in total. The van der Waals surface area contributed by atoms with Crippen LogP contribution in [-0.2, 0) is 4.79 Å². The first kappa shape index (κ1) is 32.1. The van der Waals surface area contributed by atoms with E-state index in [4.69, 9.17) is 21.3 Å². The maximum atomic E-state index is 12.7. The molecule has 0 spiro atoms. The lowest BCUT2D eigenvalue weighted by molar-refractivity contribution is -0.121. The number of carbonyl (C=O) groups excluding carboxylic acids is 2.